The van der Waals surface area contributed by atoms with Crippen molar-refractivity contribution in [1.82, 2.24) is 4.90 Å². The minimum atomic E-state index is -2.53. The Labute approximate surface area is 104 Å². The zero-order chi connectivity index (χ0) is 13.3. The van der Waals surface area contributed by atoms with Crippen molar-refractivity contribution in [2.45, 2.75) is 57.7 Å². The molecule has 0 amide bonds. The van der Waals surface area contributed by atoms with Crippen molar-refractivity contribution >= 4 is 8.32 Å². The standard InChI is InChI=1S/C12H25F2NOSi/c1-11(2,3)17(4,5)16-10-15-8-6-7-12(13,14)9-15/h6-10H2,1-5H3. The Balaban J connectivity index is 2.46. The van der Waals surface area contributed by atoms with Crippen molar-refractivity contribution < 1.29 is 13.2 Å². The minimum absolute atomic E-state index is 0.0175. The van der Waals surface area contributed by atoms with Crippen LogP contribution in [0.4, 0.5) is 8.78 Å². The van der Waals surface area contributed by atoms with Crippen LogP contribution in [0.1, 0.15) is 33.6 Å². The van der Waals surface area contributed by atoms with E-state index in [4.69, 9.17) is 4.43 Å². The lowest BCUT2D eigenvalue weighted by Crippen LogP contribution is -2.48. The van der Waals surface area contributed by atoms with Crippen molar-refractivity contribution in [2.75, 3.05) is 19.8 Å². The summed E-state index contributed by atoms with van der Waals surface area (Å²) < 4.78 is 32.4. The monoisotopic (exact) mass is 265 g/mol. The van der Waals surface area contributed by atoms with Crippen LogP contribution in [0.5, 0.6) is 0 Å². The lowest BCUT2D eigenvalue weighted by molar-refractivity contribution is -0.0805. The third kappa shape index (κ3) is 4.30. The first kappa shape index (κ1) is 15.1. The van der Waals surface area contributed by atoms with Crippen LogP contribution in [0.2, 0.25) is 18.1 Å². The lowest BCUT2D eigenvalue weighted by atomic mass is 10.1. The fourth-order valence-electron chi connectivity index (χ4n) is 1.63. The van der Waals surface area contributed by atoms with E-state index in [0.717, 1.165) is 6.54 Å². The van der Waals surface area contributed by atoms with Crippen molar-refractivity contribution in [3.8, 4) is 0 Å². The zero-order valence-corrected chi connectivity index (χ0v) is 12.6. The molecule has 0 N–H and O–H groups in total. The van der Waals surface area contributed by atoms with Gasteiger partial charge in [0.1, 0.15) is 0 Å². The predicted molar refractivity (Wildman–Crippen MR) is 68.9 cm³/mol. The van der Waals surface area contributed by atoms with Gasteiger partial charge in [0.25, 0.3) is 5.92 Å². The molecule has 1 rings (SSSR count). The summed E-state index contributed by atoms with van der Waals surface area (Å²) in [6.07, 6.45) is 0.581. The average molecular weight is 265 g/mol. The number of halogens is 2. The Kier molecular flexibility index (Phi) is 4.37. The fourth-order valence-corrected chi connectivity index (χ4v) is 2.56. The van der Waals surface area contributed by atoms with Crippen LogP contribution in [-0.2, 0) is 4.43 Å². The molecule has 1 fully saturated rings. The van der Waals surface area contributed by atoms with Gasteiger partial charge < -0.3 is 4.43 Å². The summed E-state index contributed by atoms with van der Waals surface area (Å²) in [4.78, 5) is 1.74. The van der Waals surface area contributed by atoms with E-state index in [9.17, 15) is 8.78 Å². The molecule has 0 atom stereocenters. The number of piperidine rings is 1. The first-order valence-electron chi connectivity index (χ1n) is 6.28. The molecule has 0 bridgehead atoms. The summed E-state index contributed by atoms with van der Waals surface area (Å²) in [6.45, 7) is 11.7. The summed E-state index contributed by atoms with van der Waals surface area (Å²) in [6, 6.07) is 0. The molecule has 0 aliphatic carbocycles. The van der Waals surface area contributed by atoms with Gasteiger partial charge >= 0.3 is 0 Å². The summed E-state index contributed by atoms with van der Waals surface area (Å²) in [7, 11) is -1.82. The quantitative estimate of drug-likeness (QED) is 0.722. The van der Waals surface area contributed by atoms with Gasteiger partial charge in [0, 0.05) is 13.0 Å². The second-order valence-electron chi connectivity index (χ2n) is 6.55. The van der Waals surface area contributed by atoms with Gasteiger partial charge in [0.05, 0.1) is 13.3 Å². The molecule has 0 unspecified atom stereocenters. The van der Waals surface area contributed by atoms with Crippen molar-refractivity contribution in [2.24, 2.45) is 0 Å². The van der Waals surface area contributed by atoms with Crippen LogP contribution < -0.4 is 0 Å². The van der Waals surface area contributed by atoms with Gasteiger partial charge in [-0.2, -0.15) is 0 Å². The molecule has 0 aromatic carbocycles. The third-order valence-corrected chi connectivity index (χ3v) is 8.35. The van der Waals surface area contributed by atoms with E-state index in [1.54, 1.807) is 4.90 Å². The van der Waals surface area contributed by atoms with Gasteiger partial charge in [0.15, 0.2) is 8.32 Å². The van der Waals surface area contributed by atoms with Crippen LogP contribution in [0.3, 0.4) is 0 Å². The fraction of sp³-hybridized carbons (Fsp3) is 1.00. The van der Waals surface area contributed by atoms with Gasteiger partial charge in [-0.3, -0.25) is 4.90 Å². The third-order valence-electron chi connectivity index (χ3n) is 3.89. The Hall–Kier alpha value is -0.00312. The van der Waals surface area contributed by atoms with Crippen molar-refractivity contribution in [3.63, 3.8) is 0 Å². The summed E-state index contributed by atoms with van der Waals surface area (Å²) in [5.41, 5.74) is 0. The van der Waals surface area contributed by atoms with Crippen molar-refractivity contribution in [1.29, 1.82) is 0 Å². The highest BCUT2D eigenvalue weighted by Crippen LogP contribution is 2.37. The van der Waals surface area contributed by atoms with E-state index in [2.05, 4.69) is 33.9 Å². The van der Waals surface area contributed by atoms with Gasteiger partial charge in [-0.15, -0.1) is 0 Å². The smallest absolute Gasteiger partial charge is 0.260 e. The number of rotatable bonds is 3. The number of nitrogens with zero attached hydrogens (tertiary/aromatic N) is 1. The van der Waals surface area contributed by atoms with E-state index in [1.165, 1.54) is 0 Å². The van der Waals surface area contributed by atoms with Crippen LogP contribution in [0, 0.1) is 0 Å². The van der Waals surface area contributed by atoms with E-state index in [1.807, 2.05) is 0 Å². The minimum Gasteiger partial charge on any atom is -0.404 e. The largest absolute Gasteiger partial charge is 0.404 e. The Bertz CT molecular complexity index is 264. The number of likely N-dealkylation sites (tertiary alicyclic amines) is 1. The Morgan fingerprint density at radius 2 is 1.88 bits per heavy atom. The maximum atomic E-state index is 13.2. The normalized spacial score (nSPS) is 22.8. The maximum absolute atomic E-state index is 13.2. The van der Waals surface area contributed by atoms with Crippen LogP contribution >= 0.6 is 0 Å². The van der Waals surface area contributed by atoms with Gasteiger partial charge in [-0.1, -0.05) is 20.8 Å². The molecule has 0 radical (unpaired) electrons. The molecule has 1 aliphatic rings. The zero-order valence-electron chi connectivity index (χ0n) is 11.6. The molecule has 2 nitrogen and oxygen atoms in total. The van der Waals surface area contributed by atoms with Gasteiger partial charge in [0.2, 0.25) is 0 Å². The maximum Gasteiger partial charge on any atom is 0.260 e. The molecule has 1 heterocycles. The molecular weight excluding hydrogens is 240 g/mol. The topological polar surface area (TPSA) is 12.5 Å². The van der Waals surface area contributed by atoms with E-state index < -0.39 is 14.2 Å². The number of hydrogen-bond donors (Lipinski definition) is 0. The molecular formula is C12H25F2NOSi. The van der Waals surface area contributed by atoms with Gasteiger partial charge in [-0.05, 0) is 24.6 Å². The molecule has 0 aromatic heterocycles. The van der Waals surface area contributed by atoms with E-state index >= 15 is 0 Å². The molecule has 5 heteroatoms. The Morgan fingerprint density at radius 3 is 2.35 bits per heavy atom. The van der Waals surface area contributed by atoms with Crippen LogP contribution in [0.25, 0.3) is 0 Å². The highest BCUT2D eigenvalue weighted by atomic mass is 28.4. The predicted octanol–water partition coefficient (Wildman–Crippen LogP) is 3.70. The van der Waals surface area contributed by atoms with Crippen LogP contribution in [-0.4, -0.2) is 39.0 Å². The summed E-state index contributed by atoms with van der Waals surface area (Å²) in [5, 5.41) is 0.130. The molecule has 0 saturated carbocycles. The molecule has 17 heavy (non-hydrogen) atoms. The SMILES string of the molecule is CC(C)(C)[Si](C)(C)OCN1CCCC(F)(F)C1. The highest BCUT2D eigenvalue weighted by Gasteiger charge is 2.39. The van der Waals surface area contributed by atoms with E-state index in [-0.39, 0.29) is 18.0 Å². The number of alkyl halides is 2. The average Bonchev–Trinajstić information content (AvgIpc) is 2.11. The molecule has 0 aromatic rings. The number of hydrogen-bond acceptors (Lipinski definition) is 2. The molecule has 102 valence electrons. The van der Waals surface area contributed by atoms with Crippen LogP contribution in [0.15, 0.2) is 0 Å². The second-order valence-corrected chi connectivity index (χ2v) is 11.4. The second kappa shape index (κ2) is 4.94. The van der Waals surface area contributed by atoms with Crippen molar-refractivity contribution in [3.05, 3.63) is 0 Å². The molecule has 1 aliphatic heterocycles. The first-order chi connectivity index (χ1) is 7.54. The summed E-state index contributed by atoms with van der Waals surface area (Å²) >= 11 is 0. The first-order valence-corrected chi connectivity index (χ1v) is 9.18. The van der Waals surface area contributed by atoms with Gasteiger partial charge in [-0.25, -0.2) is 8.78 Å². The highest BCUT2D eigenvalue weighted by molar-refractivity contribution is 6.74. The van der Waals surface area contributed by atoms with E-state index in [0.29, 0.717) is 13.2 Å². The summed E-state index contributed by atoms with van der Waals surface area (Å²) in [5.74, 6) is -2.53. The molecule has 1 saturated heterocycles. The Morgan fingerprint density at radius 1 is 1.29 bits per heavy atom. The lowest BCUT2D eigenvalue weighted by Gasteiger charge is -2.39. The molecule has 0 spiro atoms.